The predicted molar refractivity (Wildman–Crippen MR) is 56.1 cm³/mol. The first-order chi connectivity index (χ1) is 6.50. The Labute approximate surface area is 83.4 Å². The summed E-state index contributed by atoms with van der Waals surface area (Å²) in [5.41, 5.74) is 0.413. The summed E-state index contributed by atoms with van der Waals surface area (Å²) in [6, 6.07) is 0. The molecule has 0 rings (SSSR count). The van der Waals surface area contributed by atoms with Gasteiger partial charge in [-0.15, -0.1) is 0 Å². The van der Waals surface area contributed by atoms with Gasteiger partial charge in [-0.1, -0.05) is 30.9 Å². The molecule has 0 aliphatic carbocycles. The summed E-state index contributed by atoms with van der Waals surface area (Å²) in [6.07, 6.45) is 6.46. The third kappa shape index (κ3) is 3.76. The predicted octanol–water partition coefficient (Wildman–Crippen LogP) is 2.59. The van der Waals surface area contributed by atoms with Crippen molar-refractivity contribution in [2.75, 3.05) is 0 Å². The number of carbonyl (C=O) groups is 1. The molecule has 2 N–H and O–H groups in total. The molecule has 76 valence electrons. The molecule has 0 spiro atoms. The molecule has 3 heteroatoms. The molecule has 0 atom stereocenters. The minimum absolute atomic E-state index is 0.397. The normalized spacial score (nSPS) is 14.0. The molecule has 0 bridgehead atoms. The Kier molecular flexibility index (Phi) is 5.07. The Bertz CT molecular complexity index is 319. The number of hydrogen-bond donors (Lipinski definition) is 2. The average molecular weight is 194 g/mol. The van der Waals surface area contributed by atoms with E-state index in [9.17, 15) is 9.90 Å². The van der Waals surface area contributed by atoms with Crippen LogP contribution >= 0.6 is 0 Å². The van der Waals surface area contributed by atoms with Gasteiger partial charge in [0.1, 0.15) is 0 Å². The zero-order chi connectivity index (χ0) is 11.1. The van der Waals surface area contributed by atoms with Crippen LogP contribution in [0.15, 0.2) is 48.0 Å². The van der Waals surface area contributed by atoms with Crippen LogP contribution in [0.25, 0.3) is 0 Å². The summed E-state index contributed by atoms with van der Waals surface area (Å²) in [6.45, 7) is 6.24. The van der Waals surface area contributed by atoms with Gasteiger partial charge in [0.05, 0.1) is 0 Å². The second-order valence-electron chi connectivity index (χ2n) is 2.72. The van der Waals surface area contributed by atoms with E-state index in [1.165, 1.54) is 6.92 Å². The number of allylic oxidation sites excluding steroid dienone is 6. The smallest absolute Gasteiger partial charge is 0.201 e. The van der Waals surface area contributed by atoms with E-state index in [1.807, 2.05) is 0 Å². The molecule has 0 aliphatic heterocycles. The number of aliphatic hydroxyl groups is 2. The van der Waals surface area contributed by atoms with Gasteiger partial charge in [0, 0.05) is 6.92 Å². The Morgan fingerprint density at radius 3 is 2.14 bits per heavy atom. The highest BCUT2D eigenvalue weighted by molar-refractivity contribution is 5.91. The highest BCUT2D eigenvalue weighted by Gasteiger charge is 2.09. The van der Waals surface area contributed by atoms with Gasteiger partial charge in [-0.25, -0.2) is 0 Å². The molecule has 0 aromatic heterocycles. The molecule has 0 heterocycles. The average Bonchev–Trinajstić information content (AvgIpc) is 2.15. The highest BCUT2D eigenvalue weighted by atomic mass is 16.3. The molecular formula is C11H14O3. The van der Waals surface area contributed by atoms with E-state index >= 15 is 0 Å². The van der Waals surface area contributed by atoms with Gasteiger partial charge < -0.3 is 10.2 Å². The molecule has 14 heavy (non-hydrogen) atoms. The molecular weight excluding hydrogens is 180 g/mol. The lowest BCUT2D eigenvalue weighted by Crippen LogP contribution is -2.01. The van der Waals surface area contributed by atoms with E-state index in [0.717, 1.165) is 0 Å². The number of rotatable bonds is 4. The largest absolute Gasteiger partial charge is 0.504 e. The van der Waals surface area contributed by atoms with Crippen LogP contribution in [0.1, 0.15) is 13.8 Å². The van der Waals surface area contributed by atoms with Crippen LogP contribution in [-0.4, -0.2) is 16.0 Å². The quantitative estimate of drug-likeness (QED) is 0.411. The standard InChI is InChI=1S/C11H14O3/c1-4-5-6-7-8(2)10(13)11(14)9(3)12/h4-7,13-14H,1H2,2-3H3/b6-5-,8-7+,11-10+. The van der Waals surface area contributed by atoms with Crippen LogP contribution in [-0.2, 0) is 4.79 Å². The minimum Gasteiger partial charge on any atom is -0.504 e. The highest BCUT2D eigenvalue weighted by Crippen LogP contribution is 2.10. The SMILES string of the molecule is C=C\C=C/C=C(C)/C(O)=C(\O)C(C)=O. The van der Waals surface area contributed by atoms with Crippen molar-refractivity contribution in [3.05, 3.63) is 48.0 Å². The van der Waals surface area contributed by atoms with Crippen LogP contribution in [0.3, 0.4) is 0 Å². The second-order valence-corrected chi connectivity index (χ2v) is 2.72. The molecule has 0 aromatic carbocycles. The van der Waals surface area contributed by atoms with Crippen molar-refractivity contribution in [3.8, 4) is 0 Å². The minimum atomic E-state index is -0.620. The lowest BCUT2D eigenvalue weighted by atomic mass is 10.2. The number of Topliss-reactive ketones (excluding diaryl/α,β-unsaturated/α-hetero) is 1. The lowest BCUT2D eigenvalue weighted by molar-refractivity contribution is -0.116. The molecule has 0 saturated heterocycles. The molecule has 0 aromatic rings. The number of aliphatic hydroxyl groups excluding tert-OH is 2. The molecule has 3 nitrogen and oxygen atoms in total. The number of carbonyl (C=O) groups excluding carboxylic acids is 1. The summed E-state index contributed by atoms with van der Waals surface area (Å²) >= 11 is 0. The van der Waals surface area contributed by atoms with Crippen molar-refractivity contribution in [2.24, 2.45) is 0 Å². The fourth-order valence-electron chi connectivity index (χ4n) is 0.711. The van der Waals surface area contributed by atoms with Crippen molar-refractivity contribution in [1.82, 2.24) is 0 Å². The van der Waals surface area contributed by atoms with Gasteiger partial charge in [0.15, 0.2) is 11.5 Å². The summed E-state index contributed by atoms with van der Waals surface area (Å²) in [5.74, 6) is -1.58. The maximum Gasteiger partial charge on any atom is 0.201 e. The van der Waals surface area contributed by atoms with Crippen LogP contribution < -0.4 is 0 Å². The Hall–Kier alpha value is -1.77. The van der Waals surface area contributed by atoms with Crippen LogP contribution in [0, 0.1) is 0 Å². The molecule has 0 unspecified atom stereocenters. The van der Waals surface area contributed by atoms with Crippen molar-refractivity contribution in [1.29, 1.82) is 0 Å². The van der Waals surface area contributed by atoms with Gasteiger partial charge in [0.2, 0.25) is 5.76 Å². The van der Waals surface area contributed by atoms with E-state index < -0.39 is 17.3 Å². The Balaban J connectivity index is 4.85. The van der Waals surface area contributed by atoms with Crippen molar-refractivity contribution in [2.45, 2.75) is 13.8 Å². The topological polar surface area (TPSA) is 57.5 Å². The van der Waals surface area contributed by atoms with E-state index in [2.05, 4.69) is 6.58 Å². The van der Waals surface area contributed by atoms with Crippen molar-refractivity contribution in [3.63, 3.8) is 0 Å². The van der Waals surface area contributed by atoms with Crippen molar-refractivity contribution < 1.29 is 15.0 Å². The molecule has 0 amide bonds. The monoisotopic (exact) mass is 194 g/mol. The summed E-state index contributed by atoms with van der Waals surface area (Å²) in [7, 11) is 0. The van der Waals surface area contributed by atoms with Gasteiger partial charge in [-0.05, 0) is 12.5 Å². The summed E-state index contributed by atoms with van der Waals surface area (Å²) < 4.78 is 0. The van der Waals surface area contributed by atoms with Crippen LogP contribution in [0.4, 0.5) is 0 Å². The molecule has 0 aliphatic rings. The molecule has 0 fully saturated rings. The van der Waals surface area contributed by atoms with E-state index in [1.54, 1.807) is 31.2 Å². The summed E-state index contributed by atoms with van der Waals surface area (Å²) in [5, 5.41) is 18.5. The zero-order valence-electron chi connectivity index (χ0n) is 8.32. The van der Waals surface area contributed by atoms with Gasteiger partial charge >= 0.3 is 0 Å². The van der Waals surface area contributed by atoms with E-state index in [4.69, 9.17) is 5.11 Å². The molecule has 0 saturated carbocycles. The molecule has 0 radical (unpaired) electrons. The maximum absolute atomic E-state index is 10.7. The first-order valence-electron chi connectivity index (χ1n) is 4.10. The lowest BCUT2D eigenvalue weighted by Gasteiger charge is -2.00. The third-order valence-corrected chi connectivity index (χ3v) is 1.52. The Morgan fingerprint density at radius 2 is 1.71 bits per heavy atom. The second kappa shape index (κ2) is 5.80. The fourth-order valence-corrected chi connectivity index (χ4v) is 0.711. The van der Waals surface area contributed by atoms with Gasteiger partial charge in [-0.3, -0.25) is 4.79 Å². The maximum atomic E-state index is 10.7. The number of hydrogen-bond acceptors (Lipinski definition) is 3. The van der Waals surface area contributed by atoms with E-state index in [0.29, 0.717) is 5.57 Å². The van der Waals surface area contributed by atoms with Crippen LogP contribution in [0.5, 0.6) is 0 Å². The van der Waals surface area contributed by atoms with Crippen molar-refractivity contribution >= 4 is 5.78 Å². The first-order valence-corrected chi connectivity index (χ1v) is 4.10. The van der Waals surface area contributed by atoms with Gasteiger partial charge in [0.25, 0.3) is 0 Å². The Morgan fingerprint density at radius 1 is 1.14 bits per heavy atom. The summed E-state index contributed by atoms with van der Waals surface area (Å²) in [4.78, 5) is 10.7. The van der Waals surface area contributed by atoms with Gasteiger partial charge in [-0.2, -0.15) is 0 Å². The third-order valence-electron chi connectivity index (χ3n) is 1.52. The fraction of sp³-hybridized carbons (Fsp3) is 0.182. The first kappa shape index (κ1) is 12.2. The number of ketones is 1. The zero-order valence-corrected chi connectivity index (χ0v) is 8.32. The van der Waals surface area contributed by atoms with E-state index in [-0.39, 0.29) is 0 Å². The van der Waals surface area contributed by atoms with Crippen LogP contribution in [0.2, 0.25) is 0 Å².